The molecule has 5 heterocycles. The van der Waals surface area contributed by atoms with Gasteiger partial charge in [-0.05, 0) is 105 Å². The number of hydrogen-bond acceptors (Lipinski definition) is 5. The Morgan fingerprint density at radius 3 is 2.18 bits per heavy atom. The molecule has 49 heavy (non-hydrogen) atoms. The van der Waals surface area contributed by atoms with Gasteiger partial charge in [-0.1, -0.05) is 54.6 Å². The molecular formula is C43H24N6. The SMILES string of the molecule is N#Cc1ccc2c(c1)c1cccnc1n2-c1ccc(-c2cc(-c3cccnc3)nc(-c3ccc4ccc5cccc6ccc3c4c56)c2)cn1. The molecule has 10 rings (SSSR count). The van der Waals surface area contributed by atoms with Crippen LogP contribution in [0, 0.1) is 11.3 Å². The Balaban J connectivity index is 1.15. The summed E-state index contributed by atoms with van der Waals surface area (Å²) in [6.45, 7) is 0. The molecule has 226 valence electrons. The summed E-state index contributed by atoms with van der Waals surface area (Å²) in [6, 6.07) is 44.1. The van der Waals surface area contributed by atoms with Crippen molar-refractivity contribution >= 4 is 54.3 Å². The highest BCUT2D eigenvalue weighted by atomic mass is 15.1. The first-order valence-electron chi connectivity index (χ1n) is 16.1. The second kappa shape index (κ2) is 10.5. The highest BCUT2D eigenvalue weighted by molar-refractivity contribution is 6.25. The molecule has 0 radical (unpaired) electrons. The Morgan fingerprint density at radius 1 is 0.551 bits per heavy atom. The maximum Gasteiger partial charge on any atom is 0.146 e. The molecule has 0 saturated carbocycles. The molecule has 5 aromatic carbocycles. The van der Waals surface area contributed by atoms with Crippen LogP contribution in [0.3, 0.4) is 0 Å². The summed E-state index contributed by atoms with van der Waals surface area (Å²) in [6.07, 6.45) is 7.33. The number of aromatic nitrogens is 5. The fourth-order valence-corrected chi connectivity index (χ4v) is 7.29. The lowest BCUT2D eigenvalue weighted by Gasteiger charge is -2.15. The number of pyridine rings is 4. The van der Waals surface area contributed by atoms with Gasteiger partial charge in [-0.25, -0.2) is 15.0 Å². The van der Waals surface area contributed by atoms with Gasteiger partial charge >= 0.3 is 0 Å². The van der Waals surface area contributed by atoms with Gasteiger partial charge in [0.1, 0.15) is 11.5 Å². The summed E-state index contributed by atoms with van der Waals surface area (Å²) in [7, 11) is 0. The Bertz CT molecular complexity index is 2920. The molecule has 0 aliphatic heterocycles. The number of benzene rings is 5. The number of nitriles is 1. The lowest BCUT2D eigenvalue weighted by atomic mass is 9.90. The van der Waals surface area contributed by atoms with Crippen molar-refractivity contribution in [2.75, 3.05) is 0 Å². The molecule has 0 bridgehead atoms. The first-order chi connectivity index (χ1) is 24.2. The second-order valence-corrected chi connectivity index (χ2v) is 12.3. The van der Waals surface area contributed by atoms with Crippen molar-refractivity contribution < 1.29 is 0 Å². The van der Waals surface area contributed by atoms with Gasteiger partial charge in [-0.15, -0.1) is 0 Å². The second-order valence-electron chi connectivity index (χ2n) is 12.3. The van der Waals surface area contributed by atoms with E-state index >= 15 is 0 Å². The van der Waals surface area contributed by atoms with Gasteiger partial charge in [0.2, 0.25) is 0 Å². The van der Waals surface area contributed by atoms with Crippen molar-refractivity contribution in [3.05, 3.63) is 152 Å². The molecule has 0 fully saturated rings. The molecule has 0 saturated heterocycles. The molecule has 10 aromatic rings. The maximum absolute atomic E-state index is 9.54. The first kappa shape index (κ1) is 27.2. The predicted molar refractivity (Wildman–Crippen MR) is 197 cm³/mol. The topological polar surface area (TPSA) is 80.3 Å². The van der Waals surface area contributed by atoms with Crippen molar-refractivity contribution in [1.82, 2.24) is 24.5 Å². The van der Waals surface area contributed by atoms with Crippen LogP contribution in [0.4, 0.5) is 0 Å². The van der Waals surface area contributed by atoms with Gasteiger partial charge < -0.3 is 0 Å². The molecule has 0 spiro atoms. The van der Waals surface area contributed by atoms with E-state index in [1.807, 2.05) is 60.9 Å². The Hall–Kier alpha value is -6.97. The summed E-state index contributed by atoms with van der Waals surface area (Å²) < 4.78 is 2.05. The third-order valence-electron chi connectivity index (χ3n) is 9.55. The fourth-order valence-electron chi connectivity index (χ4n) is 7.29. The lowest BCUT2D eigenvalue weighted by Crippen LogP contribution is -1.99. The normalized spacial score (nSPS) is 11.7. The van der Waals surface area contributed by atoms with Crippen LogP contribution in [0.15, 0.2) is 146 Å². The van der Waals surface area contributed by atoms with Crippen LogP contribution in [-0.2, 0) is 0 Å². The Kier molecular flexibility index (Phi) is 5.84. The fraction of sp³-hybridized carbons (Fsp3) is 0. The molecule has 0 amide bonds. The molecule has 6 nitrogen and oxygen atoms in total. The standard InChI is InChI=1S/C43H24N6/c44-23-26-8-16-39-36(20-26)35-7-3-19-46-43(35)49(39)40-17-13-30(25-47-40)32-21-37(31-6-2-18-45-24-31)48-38(22-32)33-14-11-29-10-9-27-4-1-5-28-12-15-34(33)42(29)41(27)28/h1-22,24-25H. The van der Waals surface area contributed by atoms with E-state index in [2.05, 4.69) is 88.4 Å². The van der Waals surface area contributed by atoms with E-state index in [1.54, 1.807) is 12.4 Å². The van der Waals surface area contributed by atoms with Gasteiger partial charge in [0.25, 0.3) is 0 Å². The highest BCUT2D eigenvalue weighted by Crippen LogP contribution is 2.40. The smallest absolute Gasteiger partial charge is 0.146 e. The molecule has 5 aromatic heterocycles. The van der Waals surface area contributed by atoms with Crippen LogP contribution in [0.2, 0.25) is 0 Å². The largest absolute Gasteiger partial charge is 0.278 e. The summed E-state index contributed by atoms with van der Waals surface area (Å²) in [4.78, 5) is 19.3. The van der Waals surface area contributed by atoms with Crippen LogP contribution in [0.25, 0.3) is 93.7 Å². The van der Waals surface area contributed by atoms with Crippen LogP contribution >= 0.6 is 0 Å². The van der Waals surface area contributed by atoms with Crippen LogP contribution < -0.4 is 0 Å². The van der Waals surface area contributed by atoms with Gasteiger partial charge in [0, 0.05) is 52.3 Å². The minimum absolute atomic E-state index is 0.612. The maximum atomic E-state index is 9.54. The van der Waals surface area contributed by atoms with E-state index in [0.29, 0.717) is 5.56 Å². The van der Waals surface area contributed by atoms with Crippen molar-refractivity contribution in [2.24, 2.45) is 0 Å². The average Bonchev–Trinajstić information content (AvgIpc) is 3.50. The lowest BCUT2D eigenvalue weighted by molar-refractivity contribution is 1.06. The van der Waals surface area contributed by atoms with E-state index in [-0.39, 0.29) is 0 Å². The van der Waals surface area contributed by atoms with E-state index < -0.39 is 0 Å². The van der Waals surface area contributed by atoms with Crippen LogP contribution in [0.1, 0.15) is 5.56 Å². The number of rotatable bonds is 4. The van der Waals surface area contributed by atoms with E-state index in [9.17, 15) is 5.26 Å². The van der Waals surface area contributed by atoms with Crippen molar-refractivity contribution in [3.63, 3.8) is 0 Å². The Morgan fingerprint density at radius 2 is 1.37 bits per heavy atom. The van der Waals surface area contributed by atoms with Gasteiger partial charge in [-0.2, -0.15) is 5.26 Å². The zero-order valence-corrected chi connectivity index (χ0v) is 26.0. The monoisotopic (exact) mass is 624 g/mol. The Labute approximate surface area is 280 Å². The number of nitrogens with zero attached hydrogens (tertiary/aromatic N) is 6. The molecule has 6 heteroatoms. The van der Waals surface area contributed by atoms with Crippen molar-refractivity contribution in [1.29, 1.82) is 5.26 Å². The van der Waals surface area contributed by atoms with E-state index in [4.69, 9.17) is 15.0 Å². The molecule has 0 aliphatic carbocycles. The van der Waals surface area contributed by atoms with Crippen LogP contribution in [-0.4, -0.2) is 24.5 Å². The summed E-state index contributed by atoms with van der Waals surface area (Å²) in [5.74, 6) is 0.751. The molecule has 0 N–H and O–H groups in total. The molecule has 0 unspecified atom stereocenters. The molecular weight excluding hydrogens is 601 g/mol. The number of hydrogen-bond donors (Lipinski definition) is 0. The molecule has 0 aliphatic rings. The zero-order chi connectivity index (χ0) is 32.5. The summed E-state index contributed by atoms with van der Waals surface area (Å²) >= 11 is 0. The van der Waals surface area contributed by atoms with Gasteiger partial charge in [0.15, 0.2) is 0 Å². The minimum Gasteiger partial charge on any atom is -0.278 e. The highest BCUT2D eigenvalue weighted by Gasteiger charge is 2.17. The van der Waals surface area contributed by atoms with Gasteiger partial charge in [-0.3, -0.25) is 9.55 Å². The molecule has 0 atom stereocenters. The van der Waals surface area contributed by atoms with Crippen molar-refractivity contribution in [3.8, 4) is 45.5 Å². The average molecular weight is 625 g/mol. The zero-order valence-electron chi connectivity index (χ0n) is 26.0. The van der Waals surface area contributed by atoms with Crippen molar-refractivity contribution in [2.45, 2.75) is 0 Å². The van der Waals surface area contributed by atoms with Gasteiger partial charge in [0.05, 0.1) is 28.5 Å². The predicted octanol–water partition coefficient (Wildman–Crippen LogP) is 10.1. The van der Waals surface area contributed by atoms with E-state index in [1.165, 1.54) is 32.3 Å². The minimum atomic E-state index is 0.612. The summed E-state index contributed by atoms with van der Waals surface area (Å²) in [5, 5.41) is 18.9. The number of fused-ring (bicyclic) bond motifs is 3. The van der Waals surface area contributed by atoms with E-state index in [0.717, 1.165) is 61.4 Å². The third-order valence-corrected chi connectivity index (χ3v) is 9.55. The third kappa shape index (κ3) is 4.20. The van der Waals surface area contributed by atoms with Crippen LogP contribution in [0.5, 0.6) is 0 Å². The first-order valence-corrected chi connectivity index (χ1v) is 16.1. The summed E-state index contributed by atoms with van der Waals surface area (Å²) in [5.41, 5.74) is 8.09. The quantitative estimate of drug-likeness (QED) is 0.182.